The van der Waals surface area contributed by atoms with E-state index in [1.165, 1.54) is 42.0 Å². The van der Waals surface area contributed by atoms with Crippen LogP contribution < -0.4 is 5.73 Å². The highest BCUT2D eigenvalue weighted by molar-refractivity contribution is 7.11. The van der Waals surface area contributed by atoms with E-state index in [9.17, 15) is 0 Å². The quantitative estimate of drug-likeness (QED) is 0.838. The number of rotatable bonds is 2. The average Bonchev–Trinajstić information content (AvgIpc) is 2.61. The molecule has 1 saturated carbocycles. The molecular weight excluding hydrogens is 204 g/mol. The number of nitrogens with zero attached hydrogens (tertiary/aromatic N) is 1. The Labute approximate surface area is 95.9 Å². The zero-order valence-electron chi connectivity index (χ0n) is 9.68. The highest BCUT2D eigenvalue weighted by atomic mass is 32.1. The van der Waals surface area contributed by atoms with Gasteiger partial charge in [0.05, 0.1) is 10.7 Å². The van der Waals surface area contributed by atoms with E-state index < -0.39 is 0 Å². The van der Waals surface area contributed by atoms with Crippen molar-refractivity contribution in [2.75, 3.05) is 0 Å². The molecule has 0 spiro atoms. The molecule has 1 aromatic heterocycles. The van der Waals surface area contributed by atoms with E-state index in [2.05, 4.69) is 13.8 Å². The fourth-order valence-corrected chi connectivity index (χ4v) is 3.56. The van der Waals surface area contributed by atoms with Gasteiger partial charge in [-0.15, -0.1) is 11.3 Å². The lowest BCUT2D eigenvalue weighted by Gasteiger charge is -2.31. The molecule has 2 nitrogen and oxygen atoms in total. The highest BCUT2D eigenvalue weighted by Crippen LogP contribution is 2.41. The number of nitrogens with two attached hydrogens (primary N) is 1. The van der Waals surface area contributed by atoms with Gasteiger partial charge in [0.25, 0.3) is 0 Å². The molecule has 0 unspecified atom stereocenters. The molecule has 0 bridgehead atoms. The molecule has 2 rings (SSSR count). The molecule has 0 radical (unpaired) electrons. The molecule has 1 aliphatic carbocycles. The Morgan fingerprint density at radius 2 is 2.00 bits per heavy atom. The van der Waals surface area contributed by atoms with Crippen LogP contribution in [0, 0.1) is 6.92 Å². The largest absolute Gasteiger partial charge is 0.326 e. The summed E-state index contributed by atoms with van der Waals surface area (Å²) in [6.07, 6.45) is 6.69. The standard InChI is InChI=1S/C12H20N2S/c1-9-10(8-13)15-11(14-9)12(2)6-4-3-5-7-12/h3-8,13H2,1-2H3. The third-order valence-electron chi connectivity index (χ3n) is 3.55. The zero-order chi connectivity index (χ0) is 10.9. The van der Waals surface area contributed by atoms with Crippen LogP contribution in [-0.4, -0.2) is 4.98 Å². The smallest absolute Gasteiger partial charge is 0.0990 e. The van der Waals surface area contributed by atoms with Crippen LogP contribution in [0.2, 0.25) is 0 Å². The molecular formula is C12H20N2S. The van der Waals surface area contributed by atoms with E-state index in [1.807, 2.05) is 11.3 Å². The van der Waals surface area contributed by atoms with Crippen molar-refractivity contribution in [3.63, 3.8) is 0 Å². The van der Waals surface area contributed by atoms with Crippen molar-refractivity contribution >= 4 is 11.3 Å². The molecule has 1 aromatic rings. The molecule has 84 valence electrons. The minimum atomic E-state index is 0.334. The summed E-state index contributed by atoms with van der Waals surface area (Å²) in [6.45, 7) is 5.08. The van der Waals surface area contributed by atoms with Gasteiger partial charge in [-0.2, -0.15) is 0 Å². The Kier molecular flexibility index (Phi) is 3.12. The summed E-state index contributed by atoms with van der Waals surface area (Å²) in [4.78, 5) is 5.98. The molecule has 0 aromatic carbocycles. The van der Waals surface area contributed by atoms with Gasteiger partial charge in [-0.3, -0.25) is 0 Å². The van der Waals surface area contributed by atoms with Crippen molar-refractivity contribution in [2.45, 2.75) is 57.9 Å². The van der Waals surface area contributed by atoms with Crippen LogP contribution in [0.3, 0.4) is 0 Å². The molecule has 0 amide bonds. The van der Waals surface area contributed by atoms with Gasteiger partial charge in [-0.1, -0.05) is 26.2 Å². The first-order valence-corrected chi connectivity index (χ1v) is 6.64. The van der Waals surface area contributed by atoms with E-state index >= 15 is 0 Å². The summed E-state index contributed by atoms with van der Waals surface area (Å²) < 4.78 is 0. The maximum absolute atomic E-state index is 5.71. The van der Waals surface area contributed by atoms with E-state index in [-0.39, 0.29) is 0 Å². The van der Waals surface area contributed by atoms with Crippen molar-refractivity contribution in [2.24, 2.45) is 5.73 Å². The predicted octanol–water partition coefficient (Wildman–Crippen LogP) is 3.13. The van der Waals surface area contributed by atoms with Crippen molar-refractivity contribution in [1.29, 1.82) is 0 Å². The summed E-state index contributed by atoms with van der Waals surface area (Å²) in [7, 11) is 0. The van der Waals surface area contributed by atoms with Crippen LogP contribution in [0.4, 0.5) is 0 Å². The molecule has 1 fully saturated rings. The van der Waals surface area contributed by atoms with Crippen LogP contribution >= 0.6 is 11.3 Å². The average molecular weight is 224 g/mol. The fraction of sp³-hybridized carbons (Fsp3) is 0.750. The summed E-state index contributed by atoms with van der Waals surface area (Å²) in [5.74, 6) is 0. The normalized spacial score (nSPS) is 20.5. The first-order valence-electron chi connectivity index (χ1n) is 5.82. The molecule has 3 heteroatoms. The minimum absolute atomic E-state index is 0.334. The molecule has 2 N–H and O–H groups in total. The van der Waals surface area contributed by atoms with Gasteiger partial charge >= 0.3 is 0 Å². The Morgan fingerprint density at radius 1 is 1.33 bits per heavy atom. The van der Waals surface area contributed by atoms with E-state index in [4.69, 9.17) is 10.7 Å². The highest BCUT2D eigenvalue weighted by Gasteiger charge is 2.32. The maximum atomic E-state index is 5.71. The van der Waals surface area contributed by atoms with Crippen LogP contribution in [-0.2, 0) is 12.0 Å². The zero-order valence-corrected chi connectivity index (χ0v) is 10.5. The van der Waals surface area contributed by atoms with Gasteiger partial charge in [0, 0.05) is 16.8 Å². The first kappa shape index (κ1) is 11.1. The van der Waals surface area contributed by atoms with Gasteiger partial charge in [0.15, 0.2) is 0 Å². The topological polar surface area (TPSA) is 38.9 Å². The van der Waals surface area contributed by atoms with Crippen molar-refractivity contribution < 1.29 is 0 Å². The minimum Gasteiger partial charge on any atom is -0.326 e. The third kappa shape index (κ3) is 2.08. The van der Waals surface area contributed by atoms with E-state index in [0.717, 1.165) is 5.69 Å². The summed E-state index contributed by atoms with van der Waals surface area (Å²) in [6, 6.07) is 0. The third-order valence-corrected chi connectivity index (χ3v) is 5.04. The Hall–Kier alpha value is -0.410. The van der Waals surface area contributed by atoms with E-state index in [1.54, 1.807) is 0 Å². The molecule has 1 heterocycles. The fourth-order valence-electron chi connectivity index (χ4n) is 2.42. The van der Waals surface area contributed by atoms with Crippen molar-refractivity contribution in [3.05, 3.63) is 15.6 Å². The number of hydrogen-bond acceptors (Lipinski definition) is 3. The molecule has 0 aliphatic heterocycles. The van der Waals surface area contributed by atoms with Crippen LogP contribution in [0.25, 0.3) is 0 Å². The van der Waals surface area contributed by atoms with E-state index in [0.29, 0.717) is 12.0 Å². The monoisotopic (exact) mass is 224 g/mol. The maximum Gasteiger partial charge on any atom is 0.0990 e. The summed E-state index contributed by atoms with van der Waals surface area (Å²) in [5, 5.41) is 1.32. The molecule has 1 aliphatic rings. The lowest BCUT2D eigenvalue weighted by molar-refractivity contribution is 0.318. The first-order chi connectivity index (χ1) is 7.15. The number of aromatic nitrogens is 1. The van der Waals surface area contributed by atoms with Gasteiger partial charge < -0.3 is 5.73 Å². The Balaban J connectivity index is 2.27. The van der Waals surface area contributed by atoms with Gasteiger partial charge in [0.1, 0.15) is 0 Å². The SMILES string of the molecule is Cc1nc(C2(C)CCCCC2)sc1CN. The second-order valence-corrected chi connectivity index (χ2v) is 5.94. The molecule has 0 saturated heterocycles. The van der Waals surface area contributed by atoms with Crippen LogP contribution in [0.15, 0.2) is 0 Å². The van der Waals surface area contributed by atoms with Gasteiger partial charge in [-0.05, 0) is 19.8 Å². The van der Waals surface area contributed by atoms with Crippen molar-refractivity contribution in [3.8, 4) is 0 Å². The molecule has 15 heavy (non-hydrogen) atoms. The molecule has 0 atom stereocenters. The van der Waals surface area contributed by atoms with Gasteiger partial charge in [0.2, 0.25) is 0 Å². The Bertz CT molecular complexity index is 337. The number of thiazole rings is 1. The second-order valence-electron chi connectivity index (χ2n) is 4.85. The lowest BCUT2D eigenvalue weighted by Crippen LogP contribution is -2.24. The Morgan fingerprint density at radius 3 is 2.53 bits per heavy atom. The second kappa shape index (κ2) is 4.22. The summed E-state index contributed by atoms with van der Waals surface area (Å²) >= 11 is 1.83. The van der Waals surface area contributed by atoms with Gasteiger partial charge in [-0.25, -0.2) is 4.98 Å². The number of hydrogen-bond donors (Lipinski definition) is 1. The van der Waals surface area contributed by atoms with Crippen LogP contribution in [0.5, 0.6) is 0 Å². The van der Waals surface area contributed by atoms with Crippen LogP contribution in [0.1, 0.15) is 54.6 Å². The lowest BCUT2D eigenvalue weighted by atomic mass is 9.76. The number of aryl methyl sites for hydroxylation is 1. The predicted molar refractivity (Wildman–Crippen MR) is 65.2 cm³/mol. The van der Waals surface area contributed by atoms with Crippen molar-refractivity contribution in [1.82, 2.24) is 4.98 Å². The summed E-state index contributed by atoms with van der Waals surface area (Å²) in [5.41, 5.74) is 7.18.